The Morgan fingerprint density at radius 2 is 1.94 bits per heavy atom. The van der Waals surface area contributed by atoms with Crippen LogP contribution in [0.15, 0.2) is 49.1 Å². The van der Waals surface area contributed by atoms with Crippen molar-refractivity contribution in [2.24, 2.45) is 0 Å². The average molecular weight is 463 g/mol. The molecule has 1 aromatic carbocycles. The van der Waals surface area contributed by atoms with Crippen LogP contribution in [0.4, 0.5) is 8.78 Å². The predicted octanol–water partition coefficient (Wildman–Crippen LogP) is 2.94. The van der Waals surface area contributed by atoms with Crippen LogP contribution >= 0.6 is 0 Å². The number of hydrogen-bond donors (Lipinski definition) is 1. The summed E-state index contributed by atoms with van der Waals surface area (Å²) in [6.07, 6.45) is 5.32. The highest BCUT2D eigenvalue weighted by atomic mass is 32.2. The fraction of sp³-hybridized carbons (Fsp3) is 0.364. The lowest BCUT2D eigenvalue weighted by Gasteiger charge is -2.39. The molecule has 0 radical (unpaired) electrons. The SMILES string of the molecule is CC(C)S(=O)(=O)N[C@@H]1CN(C(=O)c2cccn3cncc23)CC[C@H]1c1cc(F)cc(F)c1. The highest BCUT2D eigenvalue weighted by Gasteiger charge is 2.36. The maximum Gasteiger partial charge on any atom is 0.256 e. The van der Waals surface area contributed by atoms with E-state index in [1.165, 1.54) is 12.1 Å². The Morgan fingerprint density at radius 1 is 1.22 bits per heavy atom. The number of nitrogens with zero attached hydrogens (tertiary/aromatic N) is 3. The van der Waals surface area contributed by atoms with E-state index in [2.05, 4.69) is 9.71 Å². The standard InChI is InChI=1S/C22H24F2N4O3S/c1-14(2)32(30,31)26-20-12-27(7-5-18(20)15-8-16(23)10-17(24)9-15)22(29)19-4-3-6-28-13-25-11-21(19)28/h3-4,6,8-11,13-14,18,20,26H,5,7,12H2,1-2H3/t18-,20+/m0/s1. The first-order valence-corrected chi connectivity index (χ1v) is 11.9. The lowest BCUT2D eigenvalue weighted by atomic mass is 9.85. The summed E-state index contributed by atoms with van der Waals surface area (Å²) in [5, 5.41) is -0.695. The molecule has 1 aliphatic rings. The van der Waals surface area contributed by atoms with Crippen molar-refractivity contribution >= 4 is 21.4 Å². The van der Waals surface area contributed by atoms with Crippen molar-refractivity contribution in [3.8, 4) is 0 Å². The van der Waals surface area contributed by atoms with Gasteiger partial charge in [0.1, 0.15) is 11.6 Å². The van der Waals surface area contributed by atoms with Crippen molar-refractivity contribution in [2.45, 2.75) is 37.5 Å². The van der Waals surface area contributed by atoms with Gasteiger partial charge in [0.05, 0.1) is 28.9 Å². The highest BCUT2D eigenvalue weighted by Crippen LogP contribution is 2.31. The van der Waals surface area contributed by atoms with Gasteiger partial charge < -0.3 is 9.30 Å². The molecule has 7 nitrogen and oxygen atoms in total. The van der Waals surface area contributed by atoms with Gasteiger partial charge in [0, 0.05) is 37.3 Å². The van der Waals surface area contributed by atoms with E-state index in [9.17, 15) is 22.0 Å². The van der Waals surface area contributed by atoms with E-state index < -0.39 is 38.9 Å². The van der Waals surface area contributed by atoms with E-state index in [0.717, 1.165) is 6.07 Å². The van der Waals surface area contributed by atoms with Gasteiger partial charge in [0.15, 0.2) is 0 Å². The Hall–Kier alpha value is -2.85. The molecule has 170 valence electrons. The van der Waals surface area contributed by atoms with Crippen LogP contribution < -0.4 is 4.72 Å². The van der Waals surface area contributed by atoms with Crippen LogP contribution in [0.1, 0.15) is 42.1 Å². The first-order valence-electron chi connectivity index (χ1n) is 10.3. The second-order valence-electron chi connectivity index (χ2n) is 8.28. The fourth-order valence-electron chi connectivity index (χ4n) is 4.09. The third-order valence-electron chi connectivity index (χ3n) is 5.83. The van der Waals surface area contributed by atoms with Gasteiger partial charge in [0.2, 0.25) is 10.0 Å². The van der Waals surface area contributed by atoms with Crippen molar-refractivity contribution in [1.82, 2.24) is 19.0 Å². The van der Waals surface area contributed by atoms with E-state index in [1.807, 2.05) is 0 Å². The zero-order valence-electron chi connectivity index (χ0n) is 17.7. The third kappa shape index (κ3) is 4.37. The van der Waals surface area contributed by atoms with Crippen LogP contribution in [0.3, 0.4) is 0 Å². The normalized spacial score (nSPS) is 19.6. The molecule has 0 spiro atoms. The second-order valence-corrected chi connectivity index (χ2v) is 10.5. The van der Waals surface area contributed by atoms with Crippen LogP contribution in [0.2, 0.25) is 0 Å². The van der Waals surface area contributed by atoms with Crippen LogP contribution in [0.25, 0.3) is 5.52 Å². The summed E-state index contributed by atoms with van der Waals surface area (Å²) in [7, 11) is -3.69. The van der Waals surface area contributed by atoms with Crippen molar-refractivity contribution in [3.63, 3.8) is 0 Å². The van der Waals surface area contributed by atoms with Crippen molar-refractivity contribution in [2.75, 3.05) is 13.1 Å². The number of likely N-dealkylation sites (tertiary alicyclic amines) is 1. The molecule has 2 aromatic heterocycles. The predicted molar refractivity (Wildman–Crippen MR) is 116 cm³/mol. The number of benzene rings is 1. The number of nitrogens with one attached hydrogen (secondary N) is 1. The first kappa shape index (κ1) is 22.3. The molecule has 32 heavy (non-hydrogen) atoms. The molecule has 3 heterocycles. The topological polar surface area (TPSA) is 83.8 Å². The summed E-state index contributed by atoms with van der Waals surface area (Å²) in [5.74, 6) is -2.19. The molecule has 1 saturated heterocycles. The lowest BCUT2D eigenvalue weighted by Crippen LogP contribution is -2.54. The maximum absolute atomic E-state index is 13.9. The number of carbonyl (C=O) groups is 1. The molecular weight excluding hydrogens is 438 g/mol. The van der Waals surface area contributed by atoms with Crippen molar-refractivity contribution < 1.29 is 22.0 Å². The molecule has 1 aliphatic heterocycles. The summed E-state index contributed by atoms with van der Waals surface area (Å²) in [4.78, 5) is 18.9. The minimum atomic E-state index is -3.69. The number of imidazole rings is 1. The van der Waals surface area contributed by atoms with Gasteiger partial charge >= 0.3 is 0 Å². The zero-order chi connectivity index (χ0) is 23.0. The van der Waals surface area contributed by atoms with E-state index in [1.54, 1.807) is 54.0 Å². The number of halogens is 2. The molecule has 1 N–H and O–H groups in total. The number of pyridine rings is 1. The Morgan fingerprint density at radius 3 is 2.62 bits per heavy atom. The summed E-state index contributed by atoms with van der Waals surface area (Å²) in [5.41, 5.74) is 1.46. The summed E-state index contributed by atoms with van der Waals surface area (Å²) in [6, 6.07) is 5.92. The minimum Gasteiger partial charge on any atom is -0.337 e. The lowest BCUT2D eigenvalue weighted by molar-refractivity contribution is 0.0688. The molecule has 3 aromatic rings. The monoisotopic (exact) mass is 462 g/mol. The fourth-order valence-corrected chi connectivity index (χ4v) is 5.02. The van der Waals surface area contributed by atoms with E-state index >= 15 is 0 Å². The number of fused-ring (bicyclic) bond motifs is 1. The van der Waals surface area contributed by atoms with E-state index in [-0.39, 0.29) is 12.5 Å². The van der Waals surface area contributed by atoms with E-state index in [0.29, 0.717) is 29.6 Å². The second kappa shape index (κ2) is 8.59. The smallest absolute Gasteiger partial charge is 0.256 e. The molecular formula is C22H24F2N4O3S. The summed E-state index contributed by atoms with van der Waals surface area (Å²) >= 11 is 0. The van der Waals surface area contributed by atoms with Crippen molar-refractivity contribution in [1.29, 1.82) is 0 Å². The molecule has 0 unspecified atom stereocenters. The van der Waals surface area contributed by atoms with Gasteiger partial charge in [-0.3, -0.25) is 4.79 Å². The quantitative estimate of drug-likeness (QED) is 0.632. The molecule has 2 atom stereocenters. The van der Waals surface area contributed by atoms with Crippen LogP contribution in [-0.4, -0.2) is 53.0 Å². The van der Waals surface area contributed by atoms with Gasteiger partial charge in [0.25, 0.3) is 5.91 Å². The Kier molecular flexibility index (Phi) is 6.00. The number of sulfonamides is 1. The first-order chi connectivity index (χ1) is 15.2. The van der Waals surface area contributed by atoms with Crippen LogP contribution in [0.5, 0.6) is 0 Å². The Labute approximate surface area is 185 Å². The Balaban J connectivity index is 1.66. The molecule has 0 saturated carbocycles. The minimum absolute atomic E-state index is 0.0722. The number of piperidine rings is 1. The third-order valence-corrected chi connectivity index (χ3v) is 7.70. The van der Waals surface area contributed by atoms with Crippen LogP contribution in [-0.2, 0) is 10.0 Å². The van der Waals surface area contributed by atoms with E-state index in [4.69, 9.17) is 0 Å². The zero-order valence-corrected chi connectivity index (χ0v) is 18.5. The number of carbonyl (C=O) groups excluding carboxylic acids is 1. The Bertz CT molecular complexity index is 1240. The van der Waals surface area contributed by atoms with Crippen molar-refractivity contribution in [3.05, 3.63) is 71.8 Å². The molecule has 1 amide bonds. The van der Waals surface area contributed by atoms with Crippen LogP contribution in [0, 0.1) is 11.6 Å². The molecule has 0 aliphatic carbocycles. The number of hydrogen-bond acceptors (Lipinski definition) is 4. The van der Waals surface area contributed by atoms with Gasteiger partial charge in [-0.15, -0.1) is 0 Å². The number of amides is 1. The molecule has 10 heteroatoms. The molecule has 4 rings (SSSR count). The summed E-state index contributed by atoms with van der Waals surface area (Å²) < 4.78 is 57.4. The number of rotatable bonds is 5. The van der Waals surface area contributed by atoms with Gasteiger partial charge in [-0.25, -0.2) is 26.9 Å². The average Bonchev–Trinajstić information content (AvgIpc) is 3.21. The molecule has 0 bridgehead atoms. The van der Waals surface area contributed by atoms with Gasteiger partial charge in [-0.1, -0.05) is 0 Å². The largest absolute Gasteiger partial charge is 0.337 e. The maximum atomic E-state index is 13.9. The summed E-state index contributed by atoms with van der Waals surface area (Å²) in [6.45, 7) is 3.48. The highest BCUT2D eigenvalue weighted by molar-refractivity contribution is 7.90. The van der Waals surface area contributed by atoms with Gasteiger partial charge in [-0.2, -0.15) is 0 Å². The number of aromatic nitrogens is 2. The molecule has 1 fully saturated rings. The van der Waals surface area contributed by atoms with Gasteiger partial charge in [-0.05, 0) is 50.1 Å².